The number of hydrogen-bond donors (Lipinski definition) is 1. The first-order chi connectivity index (χ1) is 11.2. The molecule has 0 spiro atoms. The molecule has 1 N–H and O–H groups in total. The van der Waals surface area contributed by atoms with Crippen molar-refractivity contribution in [3.63, 3.8) is 0 Å². The lowest BCUT2D eigenvalue weighted by atomic mass is 10.2. The van der Waals surface area contributed by atoms with Gasteiger partial charge >= 0.3 is 0 Å². The van der Waals surface area contributed by atoms with Gasteiger partial charge in [0, 0.05) is 24.0 Å². The molecular weight excluding hydrogens is 303 g/mol. The molecule has 23 heavy (non-hydrogen) atoms. The maximum atomic E-state index is 10.1. The third-order valence-electron chi connectivity index (χ3n) is 4.07. The number of phenols is 1. The molecule has 0 saturated carbocycles. The molecule has 3 nitrogen and oxygen atoms in total. The number of phenolic OH excluding ortho intramolecular Hbond substituents is 1. The minimum atomic E-state index is 0.372. The smallest absolute Gasteiger partial charge is 0.123 e. The summed E-state index contributed by atoms with van der Waals surface area (Å²) in [6.45, 7) is 4.16. The molecule has 1 unspecified atom stereocenters. The highest BCUT2D eigenvalue weighted by Crippen LogP contribution is 2.20. The molecule has 1 saturated heterocycles. The summed E-state index contributed by atoms with van der Waals surface area (Å²) in [7, 11) is 0.430. The zero-order chi connectivity index (χ0) is 16.1. The molecule has 1 fully saturated rings. The van der Waals surface area contributed by atoms with E-state index in [1.54, 1.807) is 6.07 Å². The molecule has 2 aromatic rings. The highest BCUT2D eigenvalue weighted by atomic mass is 31.1. The zero-order valence-electron chi connectivity index (χ0n) is 13.5. The predicted molar refractivity (Wildman–Crippen MR) is 99.9 cm³/mol. The molecule has 0 amide bonds. The summed E-state index contributed by atoms with van der Waals surface area (Å²) in [5.74, 6) is 0.372. The summed E-state index contributed by atoms with van der Waals surface area (Å²) in [5.41, 5.74) is 2.31. The summed E-state index contributed by atoms with van der Waals surface area (Å²) < 4.78 is 0. The van der Waals surface area contributed by atoms with Crippen molar-refractivity contribution in [2.45, 2.75) is 26.2 Å². The highest BCUT2D eigenvalue weighted by Gasteiger charge is 2.08. The van der Waals surface area contributed by atoms with Crippen LogP contribution >= 0.6 is 8.58 Å². The van der Waals surface area contributed by atoms with Crippen LogP contribution in [-0.4, -0.2) is 29.4 Å². The van der Waals surface area contributed by atoms with Crippen molar-refractivity contribution in [2.75, 3.05) is 13.1 Å². The maximum absolute atomic E-state index is 10.1. The summed E-state index contributed by atoms with van der Waals surface area (Å²) >= 11 is 0. The SMILES string of the molecule is Cc1ccc(O)c(Pc2ccccc2/C=N/N2CCCCC2)c1. The Morgan fingerprint density at radius 1 is 1.04 bits per heavy atom. The van der Waals surface area contributed by atoms with E-state index in [-0.39, 0.29) is 0 Å². The van der Waals surface area contributed by atoms with Crippen LogP contribution in [0, 0.1) is 6.92 Å². The van der Waals surface area contributed by atoms with Crippen LogP contribution in [0.15, 0.2) is 47.6 Å². The van der Waals surface area contributed by atoms with E-state index in [0.717, 1.165) is 24.0 Å². The van der Waals surface area contributed by atoms with Gasteiger partial charge in [0.1, 0.15) is 5.75 Å². The molecule has 0 aromatic heterocycles. The second kappa shape index (κ2) is 7.61. The number of hydrogen-bond acceptors (Lipinski definition) is 3. The summed E-state index contributed by atoms with van der Waals surface area (Å²) in [5, 5.41) is 19.1. The van der Waals surface area contributed by atoms with E-state index in [0.29, 0.717) is 14.3 Å². The van der Waals surface area contributed by atoms with E-state index in [4.69, 9.17) is 0 Å². The van der Waals surface area contributed by atoms with Crippen LogP contribution in [0.3, 0.4) is 0 Å². The first kappa shape index (κ1) is 16.0. The molecule has 1 aliphatic rings. The average molecular weight is 326 g/mol. The van der Waals surface area contributed by atoms with Gasteiger partial charge in [-0.3, -0.25) is 5.01 Å². The van der Waals surface area contributed by atoms with Gasteiger partial charge in [-0.15, -0.1) is 0 Å². The molecular formula is C19H23N2OP. The number of hydrazone groups is 1. The van der Waals surface area contributed by atoms with Gasteiger partial charge in [0.2, 0.25) is 0 Å². The highest BCUT2D eigenvalue weighted by molar-refractivity contribution is 7.56. The van der Waals surface area contributed by atoms with Crippen molar-refractivity contribution in [1.82, 2.24) is 5.01 Å². The summed E-state index contributed by atoms with van der Waals surface area (Å²) in [6, 6.07) is 14.1. The minimum absolute atomic E-state index is 0.372. The lowest BCUT2D eigenvalue weighted by Crippen LogP contribution is -2.24. The van der Waals surface area contributed by atoms with Gasteiger partial charge < -0.3 is 5.11 Å². The quantitative estimate of drug-likeness (QED) is 0.692. The Morgan fingerprint density at radius 2 is 1.83 bits per heavy atom. The molecule has 0 aliphatic carbocycles. The lowest BCUT2D eigenvalue weighted by Gasteiger charge is -2.23. The first-order valence-electron chi connectivity index (χ1n) is 8.17. The molecule has 1 atom stereocenters. The monoisotopic (exact) mass is 326 g/mol. The van der Waals surface area contributed by atoms with E-state index in [2.05, 4.69) is 35.2 Å². The van der Waals surface area contributed by atoms with Crippen LogP contribution in [0.4, 0.5) is 0 Å². The minimum Gasteiger partial charge on any atom is -0.507 e. The van der Waals surface area contributed by atoms with Crippen LogP contribution in [0.5, 0.6) is 5.75 Å². The molecule has 0 radical (unpaired) electrons. The van der Waals surface area contributed by atoms with Crippen LogP contribution in [0.25, 0.3) is 0 Å². The van der Waals surface area contributed by atoms with Crippen molar-refractivity contribution >= 4 is 25.4 Å². The van der Waals surface area contributed by atoms with Crippen molar-refractivity contribution in [1.29, 1.82) is 0 Å². The van der Waals surface area contributed by atoms with Crippen molar-refractivity contribution in [2.24, 2.45) is 5.10 Å². The Hall–Kier alpha value is -1.86. The normalized spacial score (nSPS) is 15.8. The number of aromatic hydroxyl groups is 1. The van der Waals surface area contributed by atoms with Gasteiger partial charge in [-0.05, 0) is 43.6 Å². The Bertz CT molecular complexity index is 694. The van der Waals surface area contributed by atoms with Gasteiger partial charge in [-0.2, -0.15) is 5.10 Å². The summed E-state index contributed by atoms with van der Waals surface area (Å²) in [4.78, 5) is 0. The number of benzene rings is 2. The van der Waals surface area contributed by atoms with E-state index < -0.39 is 0 Å². The molecule has 1 aliphatic heterocycles. The van der Waals surface area contributed by atoms with Crippen molar-refractivity contribution in [3.05, 3.63) is 53.6 Å². The van der Waals surface area contributed by atoms with Gasteiger partial charge in [0.25, 0.3) is 0 Å². The fourth-order valence-corrected chi connectivity index (χ4v) is 4.03. The maximum Gasteiger partial charge on any atom is 0.123 e. The molecule has 2 aromatic carbocycles. The van der Waals surface area contributed by atoms with Gasteiger partial charge in [-0.1, -0.05) is 44.5 Å². The molecule has 1 heterocycles. The predicted octanol–water partition coefficient (Wildman–Crippen LogP) is 3.15. The van der Waals surface area contributed by atoms with Crippen LogP contribution in [0.2, 0.25) is 0 Å². The largest absolute Gasteiger partial charge is 0.507 e. The van der Waals surface area contributed by atoms with Crippen molar-refractivity contribution in [3.8, 4) is 5.75 Å². The molecule has 0 bridgehead atoms. The first-order valence-corrected chi connectivity index (χ1v) is 9.17. The Balaban J connectivity index is 1.80. The van der Waals surface area contributed by atoms with Crippen molar-refractivity contribution < 1.29 is 5.11 Å². The standard InChI is InChI=1S/C19H23N2OP/c1-15-9-10-17(22)19(13-15)23-18-8-4-3-7-16(18)14-20-21-11-5-2-6-12-21/h3-4,7-10,13-14,22-23H,2,5-6,11-12H2,1H3/b20-14+. The fraction of sp³-hybridized carbons (Fsp3) is 0.316. The molecule has 4 heteroatoms. The van der Waals surface area contributed by atoms with Crippen LogP contribution in [-0.2, 0) is 0 Å². The van der Waals surface area contributed by atoms with Gasteiger partial charge in [-0.25, -0.2) is 0 Å². The Kier molecular flexibility index (Phi) is 5.30. The second-order valence-corrected chi connectivity index (χ2v) is 7.32. The number of piperidine rings is 1. The van der Waals surface area contributed by atoms with Gasteiger partial charge in [0.05, 0.1) is 6.21 Å². The Labute approximate surface area is 139 Å². The number of nitrogens with zero attached hydrogens (tertiary/aromatic N) is 2. The lowest BCUT2D eigenvalue weighted by molar-refractivity contribution is 0.240. The van der Waals surface area contributed by atoms with E-state index >= 15 is 0 Å². The third kappa shape index (κ3) is 4.33. The van der Waals surface area contributed by atoms with E-state index in [9.17, 15) is 5.11 Å². The number of rotatable bonds is 4. The topological polar surface area (TPSA) is 35.8 Å². The van der Waals surface area contributed by atoms with E-state index in [1.807, 2.05) is 24.4 Å². The molecule has 120 valence electrons. The zero-order valence-corrected chi connectivity index (χ0v) is 14.5. The second-order valence-electron chi connectivity index (χ2n) is 5.99. The molecule has 3 rings (SSSR count). The van der Waals surface area contributed by atoms with Crippen LogP contribution in [0.1, 0.15) is 30.4 Å². The Morgan fingerprint density at radius 3 is 2.65 bits per heavy atom. The fourth-order valence-electron chi connectivity index (χ4n) is 2.76. The number of aryl methyl sites for hydroxylation is 1. The van der Waals surface area contributed by atoms with Gasteiger partial charge in [0.15, 0.2) is 0 Å². The van der Waals surface area contributed by atoms with Crippen LogP contribution < -0.4 is 10.6 Å². The van der Waals surface area contributed by atoms with E-state index in [1.165, 1.54) is 30.1 Å². The average Bonchev–Trinajstić information content (AvgIpc) is 2.58. The third-order valence-corrected chi connectivity index (χ3v) is 5.47. The summed E-state index contributed by atoms with van der Waals surface area (Å²) in [6.07, 6.45) is 5.76.